The molecule has 6 heteroatoms. The largest absolute Gasteiger partial charge is 0.391 e. The van der Waals surface area contributed by atoms with Crippen LogP contribution in [0.4, 0.5) is 10.5 Å². The molecule has 0 spiro atoms. The Morgan fingerprint density at radius 3 is 2.55 bits per heavy atom. The number of hydrogen-bond acceptors (Lipinski definition) is 3. The van der Waals surface area contributed by atoms with Crippen molar-refractivity contribution >= 4 is 24.1 Å². The van der Waals surface area contributed by atoms with Crippen LogP contribution in [0.5, 0.6) is 0 Å². The predicted molar refractivity (Wildman–Crippen MR) is 82.6 cm³/mol. The molecule has 1 aliphatic heterocycles. The number of carbonyl (C=O) groups is 1. The quantitative estimate of drug-likeness (QED) is 0.670. The van der Waals surface area contributed by atoms with Gasteiger partial charge in [-0.05, 0) is 50.1 Å². The van der Waals surface area contributed by atoms with Crippen LogP contribution < -0.4 is 16.0 Å². The molecule has 1 aliphatic rings. The van der Waals surface area contributed by atoms with E-state index in [-0.39, 0.29) is 24.5 Å². The van der Waals surface area contributed by atoms with E-state index in [1.165, 1.54) is 0 Å². The first kappa shape index (κ1) is 16.8. The van der Waals surface area contributed by atoms with Gasteiger partial charge in [-0.2, -0.15) is 0 Å². The molecule has 1 aromatic rings. The van der Waals surface area contributed by atoms with Crippen LogP contribution in [-0.4, -0.2) is 36.4 Å². The maximum Gasteiger partial charge on any atom is 0.319 e. The normalized spacial score (nSPS) is 21.8. The highest BCUT2D eigenvalue weighted by molar-refractivity contribution is 5.89. The number of rotatable bonds is 2. The van der Waals surface area contributed by atoms with Crippen molar-refractivity contribution in [1.29, 1.82) is 0 Å². The maximum atomic E-state index is 11.9. The lowest BCUT2D eigenvalue weighted by atomic mass is 10.0. The molecule has 0 aliphatic carbocycles. The minimum absolute atomic E-state index is 0. The fourth-order valence-electron chi connectivity index (χ4n) is 2.37. The SMILES string of the molecule is Cc1cc(C)cc(NC(=O)N[C@@H]2CNCC[C@H]2O)c1.Cl. The fourth-order valence-corrected chi connectivity index (χ4v) is 2.37. The van der Waals surface area contributed by atoms with Crippen molar-refractivity contribution in [2.45, 2.75) is 32.4 Å². The Labute approximate surface area is 125 Å². The molecule has 0 saturated carbocycles. The van der Waals surface area contributed by atoms with Gasteiger partial charge in [0.2, 0.25) is 0 Å². The van der Waals surface area contributed by atoms with E-state index in [2.05, 4.69) is 22.0 Å². The molecule has 0 aromatic heterocycles. The molecule has 2 atom stereocenters. The molecule has 1 aromatic carbocycles. The third-order valence-electron chi connectivity index (χ3n) is 3.24. The number of anilines is 1. The summed E-state index contributed by atoms with van der Waals surface area (Å²) in [6, 6.07) is 5.37. The average Bonchev–Trinajstić information content (AvgIpc) is 2.30. The van der Waals surface area contributed by atoms with E-state index >= 15 is 0 Å². The molecule has 5 nitrogen and oxygen atoms in total. The number of benzene rings is 1. The van der Waals surface area contributed by atoms with E-state index in [1.807, 2.05) is 26.0 Å². The lowest BCUT2D eigenvalue weighted by Gasteiger charge is -2.29. The number of urea groups is 1. The molecule has 1 saturated heterocycles. The lowest BCUT2D eigenvalue weighted by Crippen LogP contribution is -2.54. The molecule has 0 radical (unpaired) electrons. The first-order valence-electron chi connectivity index (χ1n) is 6.59. The van der Waals surface area contributed by atoms with Crippen LogP contribution in [0.1, 0.15) is 17.5 Å². The van der Waals surface area contributed by atoms with Gasteiger partial charge in [-0.1, -0.05) is 6.07 Å². The molecule has 112 valence electrons. The van der Waals surface area contributed by atoms with Crippen molar-refractivity contribution < 1.29 is 9.90 Å². The average molecular weight is 300 g/mol. The Balaban J connectivity index is 0.00000200. The Bertz CT molecular complexity index is 447. The van der Waals surface area contributed by atoms with E-state index < -0.39 is 6.10 Å². The first-order valence-corrected chi connectivity index (χ1v) is 6.59. The second-order valence-electron chi connectivity index (χ2n) is 5.14. The highest BCUT2D eigenvalue weighted by Crippen LogP contribution is 2.13. The molecular formula is C14H22ClN3O2. The van der Waals surface area contributed by atoms with Gasteiger partial charge < -0.3 is 21.1 Å². The molecule has 2 amide bonds. The summed E-state index contributed by atoms with van der Waals surface area (Å²) < 4.78 is 0. The van der Waals surface area contributed by atoms with Gasteiger partial charge in [-0.25, -0.2) is 4.79 Å². The smallest absolute Gasteiger partial charge is 0.319 e. The molecule has 2 rings (SSSR count). The molecule has 0 unspecified atom stereocenters. The minimum atomic E-state index is -0.480. The topological polar surface area (TPSA) is 73.4 Å². The van der Waals surface area contributed by atoms with Gasteiger partial charge in [0.05, 0.1) is 12.1 Å². The number of halogens is 1. The van der Waals surface area contributed by atoms with Crippen molar-refractivity contribution in [3.05, 3.63) is 29.3 Å². The van der Waals surface area contributed by atoms with Gasteiger partial charge in [0.15, 0.2) is 0 Å². The van der Waals surface area contributed by atoms with Crippen molar-refractivity contribution in [1.82, 2.24) is 10.6 Å². The summed E-state index contributed by atoms with van der Waals surface area (Å²) in [6.45, 7) is 5.37. The molecule has 20 heavy (non-hydrogen) atoms. The van der Waals surface area contributed by atoms with E-state index in [0.717, 1.165) is 23.4 Å². The van der Waals surface area contributed by atoms with Crippen LogP contribution in [0.25, 0.3) is 0 Å². The number of carbonyl (C=O) groups excluding carboxylic acids is 1. The lowest BCUT2D eigenvalue weighted by molar-refractivity contribution is 0.103. The van der Waals surface area contributed by atoms with Crippen molar-refractivity contribution in [3.63, 3.8) is 0 Å². The van der Waals surface area contributed by atoms with E-state index in [4.69, 9.17) is 0 Å². The summed E-state index contributed by atoms with van der Waals surface area (Å²) in [5.41, 5.74) is 2.98. The summed E-state index contributed by atoms with van der Waals surface area (Å²) >= 11 is 0. The summed E-state index contributed by atoms with van der Waals surface area (Å²) in [7, 11) is 0. The van der Waals surface area contributed by atoms with E-state index in [0.29, 0.717) is 13.0 Å². The zero-order chi connectivity index (χ0) is 13.8. The standard InChI is InChI=1S/C14H21N3O2.ClH/c1-9-5-10(2)7-11(6-9)16-14(19)17-12-8-15-4-3-13(12)18;/h5-7,12-13,15,18H,3-4,8H2,1-2H3,(H2,16,17,19);1H/t12-,13-;/m1./s1. The number of amides is 2. The number of aliphatic hydroxyl groups is 1. The van der Waals surface area contributed by atoms with Gasteiger partial charge in [0, 0.05) is 12.2 Å². The van der Waals surface area contributed by atoms with Gasteiger partial charge >= 0.3 is 6.03 Å². The van der Waals surface area contributed by atoms with Gasteiger partial charge in [0.1, 0.15) is 0 Å². The van der Waals surface area contributed by atoms with Crippen LogP contribution in [0.15, 0.2) is 18.2 Å². The second-order valence-corrected chi connectivity index (χ2v) is 5.14. The van der Waals surface area contributed by atoms with Crippen molar-refractivity contribution in [2.24, 2.45) is 0 Å². The summed E-state index contributed by atoms with van der Waals surface area (Å²) in [4.78, 5) is 11.9. The number of hydrogen-bond donors (Lipinski definition) is 4. The molecule has 0 bridgehead atoms. The molecular weight excluding hydrogens is 278 g/mol. The zero-order valence-corrected chi connectivity index (χ0v) is 12.6. The number of aryl methyl sites for hydroxylation is 2. The summed E-state index contributed by atoms with van der Waals surface area (Å²) in [5, 5.41) is 18.5. The number of piperidine rings is 1. The van der Waals surface area contributed by atoms with Crippen LogP contribution >= 0.6 is 12.4 Å². The number of nitrogens with one attached hydrogen (secondary N) is 3. The van der Waals surface area contributed by atoms with Crippen LogP contribution in [0.3, 0.4) is 0 Å². The van der Waals surface area contributed by atoms with Crippen molar-refractivity contribution in [2.75, 3.05) is 18.4 Å². The first-order chi connectivity index (χ1) is 9.04. The van der Waals surface area contributed by atoms with Crippen LogP contribution in [-0.2, 0) is 0 Å². The third-order valence-corrected chi connectivity index (χ3v) is 3.24. The molecule has 1 heterocycles. The highest BCUT2D eigenvalue weighted by atomic mass is 35.5. The van der Waals surface area contributed by atoms with Gasteiger partial charge in [0.25, 0.3) is 0 Å². The minimum Gasteiger partial charge on any atom is -0.391 e. The van der Waals surface area contributed by atoms with Gasteiger partial charge in [-0.3, -0.25) is 0 Å². The fraction of sp³-hybridized carbons (Fsp3) is 0.500. The maximum absolute atomic E-state index is 11.9. The van der Waals surface area contributed by atoms with Gasteiger partial charge in [-0.15, -0.1) is 12.4 Å². The molecule has 4 N–H and O–H groups in total. The van der Waals surface area contributed by atoms with E-state index in [1.54, 1.807) is 0 Å². The Kier molecular flexibility index (Phi) is 6.26. The van der Waals surface area contributed by atoms with Crippen LogP contribution in [0, 0.1) is 13.8 Å². The highest BCUT2D eigenvalue weighted by Gasteiger charge is 2.24. The summed E-state index contributed by atoms with van der Waals surface area (Å²) in [6.07, 6.45) is 0.181. The number of aliphatic hydroxyl groups excluding tert-OH is 1. The third kappa shape index (κ3) is 4.67. The predicted octanol–water partition coefficient (Wildman–Crippen LogP) is 1.57. The Morgan fingerprint density at radius 1 is 1.30 bits per heavy atom. The monoisotopic (exact) mass is 299 g/mol. The van der Waals surface area contributed by atoms with Crippen molar-refractivity contribution in [3.8, 4) is 0 Å². The van der Waals surface area contributed by atoms with Crippen LogP contribution in [0.2, 0.25) is 0 Å². The molecule has 1 fully saturated rings. The summed E-state index contributed by atoms with van der Waals surface area (Å²) in [5.74, 6) is 0. The Hall–Kier alpha value is -1.30. The van der Waals surface area contributed by atoms with E-state index in [9.17, 15) is 9.90 Å². The second kappa shape index (κ2) is 7.47. The Morgan fingerprint density at radius 2 is 1.95 bits per heavy atom. The zero-order valence-electron chi connectivity index (χ0n) is 11.8.